The molecule has 2 aromatic rings. The van der Waals surface area contributed by atoms with Gasteiger partial charge in [0, 0.05) is 0 Å². The fraction of sp³-hybridized carbons (Fsp3) is 0.222. The minimum atomic E-state index is -1.11. The Morgan fingerprint density at radius 2 is 1.72 bits per heavy atom. The number of anilines is 1. The van der Waals surface area contributed by atoms with Gasteiger partial charge in [-0.15, -0.1) is 0 Å². The van der Waals surface area contributed by atoms with Gasteiger partial charge in [0.15, 0.2) is 17.6 Å². The van der Waals surface area contributed by atoms with E-state index in [1.54, 1.807) is 12.1 Å². The number of benzene rings is 2. The van der Waals surface area contributed by atoms with E-state index in [9.17, 15) is 14.0 Å². The van der Waals surface area contributed by atoms with Crippen molar-refractivity contribution in [3.05, 3.63) is 53.8 Å². The van der Waals surface area contributed by atoms with Crippen LogP contribution in [0.1, 0.15) is 17.3 Å². The average Bonchev–Trinajstić information content (AvgIpc) is 2.62. The molecule has 1 N–H and O–H groups in total. The van der Waals surface area contributed by atoms with Gasteiger partial charge in [-0.3, -0.25) is 4.79 Å². The number of halogens is 1. The fourth-order valence-corrected chi connectivity index (χ4v) is 2.04. The first kappa shape index (κ1) is 18.3. The minimum Gasteiger partial charge on any atom is -0.493 e. The zero-order valence-electron chi connectivity index (χ0n) is 14.0. The van der Waals surface area contributed by atoms with E-state index in [4.69, 9.17) is 14.2 Å². The van der Waals surface area contributed by atoms with E-state index < -0.39 is 23.8 Å². The van der Waals surface area contributed by atoms with Crippen LogP contribution in [0.25, 0.3) is 0 Å². The van der Waals surface area contributed by atoms with Gasteiger partial charge in [-0.05, 0) is 37.3 Å². The molecule has 6 nitrogen and oxygen atoms in total. The van der Waals surface area contributed by atoms with Gasteiger partial charge >= 0.3 is 5.97 Å². The Kier molecular flexibility index (Phi) is 5.94. The zero-order valence-corrected chi connectivity index (χ0v) is 14.0. The number of hydrogen-bond acceptors (Lipinski definition) is 5. The van der Waals surface area contributed by atoms with Crippen molar-refractivity contribution in [3.8, 4) is 11.5 Å². The van der Waals surface area contributed by atoms with Gasteiger partial charge in [0.2, 0.25) is 0 Å². The van der Waals surface area contributed by atoms with E-state index in [0.29, 0.717) is 11.5 Å². The van der Waals surface area contributed by atoms with Crippen molar-refractivity contribution in [2.45, 2.75) is 13.0 Å². The third kappa shape index (κ3) is 4.47. The van der Waals surface area contributed by atoms with Gasteiger partial charge in [0.05, 0.1) is 25.5 Å². The van der Waals surface area contributed by atoms with E-state index in [0.717, 1.165) is 0 Å². The molecule has 0 bridgehead atoms. The maximum absolute atomic E-state index is 13.5. The Hall–Kier alpha value is -3.09. The van der Waals surface area contributed by atoms with Crippen LogP contribution in [-0.2, 0) is 9.53 Å². The van der Waals surface area contributed by atoms with Crippen LogP contribution >= 0.6 is 0 Å². The summed E-state index contributed by atoms with van der Waals surface area (Å²) in [5.74, 6) is -1.10. The quantitative estimate of drug-likeness (QED) is 0.813. The summed E-state index contributed by atoms with van der Waals surface area (Å²) in [6.45, 7) is 1.40. The van der Waals surface area contributed by atoms with Gasteiger partial charge in [-0.2, -0.15) is 0 Å². The Morgan fingerprint density at radius 3 is 2.36 bits per heavy atom. The van der Waals surface area contributed by atoms with Crippen molar-refractivity contribution in [2.75, 3.05) is 19.5 Å². The summed E-state index contributed by atoms with van der Waals surface area (Å²) in [6.07, 6.45) is -1.11. The molecule has 0 unspecified atom stereocenters. The van der Waals surface area contributed by atoms with Crippen LogP contribution in [0.2, 0.25) is 0 Å². The number of rotatable bonds is 6. The highest BCUT2D eigenvalue weighted by Crippen LogP contribution is 2.28. The Bertz CT molecular complexity index is 778. The monoisotopic (exact) mass is 347 g/mol. The lowest BCUT2D eigenvalue weighted by atomic mass is 10.2. The molecule has 0 aliphatic carbocycles. The molecule has 0 aromatic heterocycles. The van der Waals surface area contributed by atoms with E-state index in [1.807, 2.05) is 0 Å². The molecule has 0 heterocycles. The highest BCUT2D eigenvalue weighted by Gasteiger charge is 2.21. The lowest BCUT2D eigenvalue weighted by Crippen LogP contribution is -2.30. The summed E-state index contributed by atoms with van der Waals surface area (Å²) < 4.78 is 28.9. The van der Waals surface area contributed by atoms with Crippen molar-refractivity contribution in [2.24, 2.45) is 0 Å². The molecule has 1 atom stereocenters. The van der Waals surface area contributed by atoms with Crippen LogP contribution in [0, 0.1) is 5.82 Å². The number of methoxy groups -OCH3 is 2. The number of carbonyl (C=O) groups is 2. The topological polar surface area (TPSA) is 73.9 Å². The molecule has 0 spiro atoms. The number of ether oxygens (including phenoxy) is 3. The normalized spacial score (nSPS) is 11.4. The molecule has 2 aromatic carbocycles. The van der Waals surface area contributed by atoms with Crippen molar-refractivity contribution in [1.82, 2.24) is 0 Å². The van der Waals surface area contributed by atoms with Crippen LogP contribution in [0.3, 0.4) is 0 Å². The number of esters is 1. The second-order valence-electron chi connectivity index (χ2n) is 5.09. The van der Waals surface area contributed by atoms with Crippen LogP contribution in [0.5, 0.6) is 11.5 Å². The standard InChI is InChI=1S/C18H18FNO5/c1-11(17(21)20-14-7-5-4-6-13(14)19)25-18(22)12-8-9-15(23-2)16(10-12)24-3/h4-11H,1-3H3,(H,20,21)/t11-/m1/s1. The third-order valence-corrected chi connectivity index (χ3v) is 3.40. The SMILES string of the molecule is COc1ccc(C(=O)O[C@H](C)C(=O)Nc2ccccc2F)cc1OC. The van der Waals surface area contributed by atoms with Gasteiger partial charge in [-0.1, -0.05) is 12.1 Å². The Morgan fingerprint density at radius 1 is 1.04 bits per heavy atom. The molecule has 0 fully saturated rings. The average molecular weight is 347 g/mol. The van der Waals surface area contributed by atoms with Crippen LogP contribution < -0.4 is 14.8 Å². The Labute approximate surface area is 144 Å². The molecule has 0 aliphatic heterocycles. The van der Waals surface area contributed by atoms with E-state index in [1.165, 1.54) is 51.5 Å². The number of carbonyl (C=O) groups excluding carboxylic acids is 2. The first-order chi connectivity index (χ1) is 12.0. The minimum absolute atomic E-state index is 0.0153. The lowest BCUT2D eigenvalue weighted by Gasteiger charge is -2.14. The van der Waals surface area contributed by atoms with Crippen LogP contribution in [0.4, 0.5) is 10.1 Å². The van der Waals surface area contributed by atoms with Crippen LogP contribution in [0.15, 0.2) is 42.5 Å². The maximum Gasteiger partial charge on any atom is 0.339 e. The summed E-state index contributed by atoms with van der Waals surface area (Å²) in [7, 11) is 2.92. The first-order valence-corrected chi connectivity index (χ1v) is 7.44. The van der Waals surface area contributed by atoms with Crippen molar-refractivity contribution in [1.29, 1.82) is 0 Å². The van der Waals surface area contributed by atoms with Gasteiger partial charge < -0.3 is 19.5 Å². The number of amides is 1. The predicted octanol–water partition coefficient (Wildman–Crippen LogP) is 3.03. The number of hydrogen-bond donors (Lipinski definition) is 1. The summed E-state index contributed by atoms with van der Waals surface area (Å²) in [6, 6.07) is 10.2. The van der Waals surface area contributed by atoms with Crippen LogP contribution in [-0.4, -0.2) is 32.2 Å². The first-order valence-electron chi connectivity index (χ1n) is 7.44. The molecule has 0 radical (unpaired) electrons. The summed E-state index contributed by atoms with van der Waals surface area (Å²) in [5, 5.41) is 2.37. The molecule has 2 rings (SSSR count). The molecule has 1 amide bonds. The second kappa shape index (κ2) is 8.14. The van der Waals surface area contributed by atoms with Crippen molar-refractivity contribution < 1.29 is 28.2 Å². The zero-order chi connectivity index (χ0) is 18.4. The maximum atomic E-state index is 13.5. The van der Waals surface area contributed by atoms with E-state index >= 15 is 0 Å². The largest absolute Gasteiger partial charge is 0.493 e. The van der Waals surface area contributed by atoms with Crippen molar-refractivity contribution >= 4 is 17.6 Å². The summed E-state index contributed by atoms with van der Waals surface area (Å²) in [4.78, 5) is 24.2. The van der Waals surface area contributed by atoms with Gasteiger partial charge in [0.25, 0.3) is 5.91 Å². The number of nitrogens with one attached hydrogen (secondary N) is 1. The fourth-order valence-electron chi connectivity index (χ4n) is 2.04. The molecular weight excluding hydrogens is 329 g/mol. The third-order valence-electron chi connectivity index (χ3n) is 3.40. The molecule has 25 heavy (non-hydrogen) atoms. The smallest absolute Gasteiger partial charge is 0.339 e. The summed E-state index contributed by atoms with van der Waals surface area (Å²) in [5.41, 5.74) is 0.213. The number of para-hydroxylation sites is 1. The predicted molar refractivity (Wildman–Crippen MR) is 89.5 cm³/mol. The van der Waals surface area contributed by atoms with E-state index in [-0.39, 0.29) is 11.3 Å². The van der Waals surface area contributed by atoms with Gasteiger partial charge in [-0.25, -0.2) is 9.18 Å². The molecule has 0 aliphatic rings. The molecule has 132 valence electrons. The Balaban J connectivity index is 2.04. The highest BCUT2D eigenvalue weighted by atomic mass is 19.1. The lowest BCUT2D eigenvalue weighted by molar-refractivity contribution is -0.123. The second-order valence-corrected chi connectivity index (χ2v) is 5.09. The molecule has 0 saturated carbocycles. The van der Waals surface area contributed by atoms with E-state index in [2.05, 4.69) is 5.32 Å². The van der Waals surface area contributed by atoms with Crippen molar-refractivity contribution in [3.63, 3.8) is 0 Å². The molecule has 0 saturated heterocycles. The summed E-state index contributed by atoms with van der Waals surface area (Å²) >= 11 is 0. The highest BCUT2D eigenvalue weighted by molar-refractivity contribution is 5.97. The van der Waals surface area contributed by atoms with Gasteiger partial charge in [0.1, 0.15) is 5.82 Å². The molecule has 7 heteroatoms. The molecular formula is C18H18FNO5.